The molecule has 1 aliphatic rings. The SMILES string of the molecule is CCn1cnc(C(F)(F)F)c1CSc1nc2c(c(=O)[nH]1)CSC2.O=C(O)C(F)(F)F. The van der Waals surface area contributed by atoms with Gasteiger partial charge in [0.1, 0.15) is 0 Å². The van der Waals surface area contributed by atoms with Crippen molar-refractivity contribution in [2.24, 2.45) is 0 Å². The molecule has 0 amide bonds. The standard InChI is InChI=1S/C13H13F3N4OS2.C2HF3O2/c1-2-20-6-17-10(13(14,15)16)9(20)5-23-12-18-8-4-22-3-7(8)11(21)19-12;3-2(4,5)1(6)7/h6H,2-5H2,1H3,(H,18,19,21);(H,6,7). The third-order valence-corrected chi connectivity index (χ3v) is 5.56. The van der Waals surface area contributed by atoms with E-state index in [-0.39, 0.29) is 17.0 Å². The molecule has 0 saturated carbocycles. The Hall–Kier alpha value is -2.16. The van der Waals surface area contributed by atoms with Gasteiger partial charge in [0.25, 0.3) is 5.56 Å². The quantitative estimate of drug-likeness (QED) is 0.395. The number of aryl methyl sites for hydroxylation is 1. The van der Waals surface area contributed by atoms with Crippen LogP contribution in [-0.4, -0.2) is 36.8 Å². The lowest BCUT2D eigenvalue weighted by atomic mass is 10.3. The molecule has 0 aliphatic carbocycles. The van der Waals surface area contributed by atoms with E-state index in [1.165, 1.54) is 10.9 Å². The number of rotatable bonds is 4. The minimum Gasteiger partial charge on any atom is -0.475 e. The van der Waals surface area contributed by atoms with E-state index in [1.807, 2.05) is 0 Å². The van der Waals surface area contributed by atoms with Gasteiger partial charge in [0.05, 0.1) is 17.7 Å². The van der Waals surface area contributed by atoms with Crippen LogP contribution in [0.1, 0.15) is 29.6 Å². The average Bonchev–Trinajstić information content (AvgIpc) is 3.25. The number of carbonyl (C=O) groups is 1. The molecule has 1 aliphatic heterocycles. The second-order valence-electron chi connectivity index (χ2n) is 5.70. The van der Waals surface area contributed by atoms with Gasteiger partial charge in [-0.15, -0.1) is 0 Å². The van der Waals surface area contributed by atoms with Gasteiger partial charge in [-0.2, -0.15) is 38.1 Å². The second kappa shape index (κ2) is 9.32. The summed E-state index contributed by atoms with van der Waals surface area (Å²) < 4.78 is 72.2. The Kier molecular flexibility index (Phi) is 7.49. The van der Waals surface area contributed by atoms with Crippen LogP contribution < -0.4 is 5.56 Å². The summed E-state index contributed by atoms with van der Waals surface area (Å²) in [5, 5.41) is 7.47. The van der Waals surface area contributed by atoms with Crippen molar-refractivity contribution in [3.63, 3.8) is 0 Å². The Balaban J connectivity index is 0.000000396. The van der Waals surface area contributed by atoms with E-state index in [2.05, 4.69) is 15.0 Å². The smallest absolute Gasteiger partial charge is 0.475 e. The highest BCUT2D eigenvalue weighted by Gasteiger charge is 2.38. The third kappa shape index (κ3) is 5.93. The van der Waals surface area contributed by atoms with Crippen LogP contribution in [0.5, 0.6) is 0 Å². The van der Waals surface area contributed by atoms with Gasteiger partial charge in [0, 0.05) is 29.4 Å². The number of thioether (sulfide) groups is 2. The van der Waals surface area contributed by atoms with Crippen molar-refractivity contribution in [1.82, 2.24) is 19.5 Å². The molecule has 166 valence electrons. The molecule has 0 saturated heterocycles. The third-order valence-electron chi connectivity index (χ3n) is 3.71. The summed E-state index contributed by atoms with van der Waals surface area (Å²) in [5.41, 5.74) is 0.381. The second-order valence-corrected chi connectivity index (χ2v) is 7.65. The molecule has 0 spiro atoms. The number of aromatic amines is 1. The van der Waals surface area contributed by atoms with Crippen LogP contribution in [0.4, 0.5) is 26.3 Å². The molecule has 15 heteroatoms. The Morgan fingerprint density at radius 3 is 2.47 bits per heavy atom. The number of carboxylic acid groups (broad SMARTS) is 1. The first-order valence-corrected chi connectivity index (χ1v) is 10.2. The van der Waals surface area contributed by atoms with E-state index in [4.69, 9.17) is 9.90 Å². The van der Waals surface area contributed by atoms with Crippen LogP contribution in [0.2, 0.25) is 0 Å². The van der Waals surface area contributed by atoms with Gasteiger partial charge in [0.2, 0.25) is 0 Å². The summed E-state index contributed by atoms with van der Waals surface area (Å²) in [7, 11) is 0. The number of aromatic nitrogens is 4. The van der Waals surface area contributed by atoms with E-state index in [0.717, 1.165) is 17.5 Å². The highest BCUT2D eigenvalue weighted by Crippen LogP contribution is 2.34. The number of aliphatic carboxylic acids is 1. The first kappa shape index (κ1) is 24.1. The number of imidazole rings is 1. The topological polar surface area (TPSA) is 101 Å². The van der Waals surface area contributed by atoms with Crippen LogP contribution in [0.25, 0.3) is 0 Å². The monoisotopic (exact) mass is 476 g/mol. The number of carboxylic acids is 1. The summed E-state index contributed by atoms with van der Waals surface area (Å²) in [6.45, 7) is 2.15. The molecule has 3 rings (SSSR count). The Bertz CT molecular complexity index is 971. The fourth-order valence-corrected chi connectivity index (χ4v) is 4.26. The zero-order chi connectivity index (χ0) is 22.7. The number of fused-ring (bicyclic) bond motifs is 1. The van der Waals surface area contributed by atoms with Gasteiger partial charge in [-0.05, 0) is 6.92 Å². The number of hydrogen-bond donors (Lipinski definition) is 2. The molecule has 0 radical (unpaired) electrons. The molecule has 7 nitrogen and oxygen atoms in total. The maximum atomic E-state index is 13.0. The highest BCUT2D eigenvalue weighted by atomic mass is 32.2. The zero-order valence-corrected chi connectivity index (χ0v) is 16.7. The summed E-state index contributed by atoms with van der Waals surface area (Å²) in [6.07, 6.45) is -8.39. The summed E-state index contributed by atoms with van der Waals surface area (Å²) in [6, 6.07) is 0. The van der Waals surface area contributed by atoms with E-state index < -0.39 is 24.0 Å². The molecule has 0 atom stereocenters. The van der Waals surface area contributed by atoms with Crippen LogP contribution in [0, 0.1) is 0 Å². The van der Waals surface area contributed by atoms with Crippen LogP contribution in [0.15, 0.2) is 16.3 Å². The average molecular weight is 476 g/mol. The Morgan fingerprint density at radius 2 is 1.93 bits per heavy atom. The molecular formula is C15H14F6N4O3S2. The predicted octanol–water partition coefficient (Wildman–Crippen LogP) is 3.68. The fourth-order valence-electron chi connectivity index (χ4n) is 2.31. The number of H-pyrrole nitrogens is 1. The van der Waals surface area contributed by atoms with Crippen molar-refractivity contribution in [2.75, 3.05) is 0 Å². The Labute approximate surface area is 173 Å². The van der Waals surface area contributed by atoms with E-state index in [0.29, 0.717) is 28.8 Å². The number of nitrogens with one attached hydrogen (secondary N) is 1. The van der Waals surface area contributed by atoms with Gasteiger partial charge in [0.15, 0.2) is 10.9 Å². The first-order valence-electron chi connectivity index (χ1n) is 8.08. The summed E-state index contributed by atoms with van der Waals surface area (Å²) in [4.78, 5) is 31.3. The fraction of sp³-hybridized carbons (Fsp3) is 0.467. The normalized spacial score (nSPS) is 13.6. The number of alkyl halides is 6. The molecule has 0 unspecified atom stereocenters. The molecule has 2 N–H and O–H groups in total. The van der Waals surface area contributed by atoms with E-state index >= 15 is 0 Å². The summed E-state index contributed by atoms with van der Waals surface area (Å²) >= 11 is 2.68. The molecule has 0 fully saturated rings. The minimum absolute atomic E-state index is 0.0392. The van der Waals surface area contributed by atoms with Gasteiger partial charge >= 0.3 is 18.3 Å². The summed E-state index contributed by atoms with van der Waals surface area (Å²) in [5.74, 6) is -1.43. The van der Waals surface area contributed by atoms with Crippen molar-refractivity contribution in [1.29, 1.82) is 0 Å². The van der Waals surface area contributed by atoms with Gasteiger partial charge in [-0.1, -0.05) is 11.8 Å². The van der Waals surface area contributed by atoms with Gasteiger partial charge in [-0.3, -0.25) is 4.79 Å². The van der Waals surface area contributed by atoms with Gasteiger partial charge < -0.3 is 14.7 Å². The lowest BCUT2D eigenvalue weighted by Gasteiger charge is -2.10. The lowest BCUT2D eigenvalue weighted by Crippen LogP contribution is -2.21. The van der Waals surface area contributed by atoms with Crippen LogP contribution in [-0.2, 0) is 34.8 Å². The number of nitrogens with zero attached hydrogens (tertiary/aromatic N) is 3. The van der Waals surface area contributed by atoms with E-state index in [9.17, 15) is 31.1 Å². The van der Waals surface area contributed by atoms with Crippen molar-refractivity contribution in [3.05, 3.63) is 39.3 Å². The van der Waals surface area contributed by atoms with Crippen LogP contribution >= 0.6 is 23.5 Å². The molecular weight excluding hydrogens is 462 g/mol. The highest BCUT2D eigenvalue weighted by molar-refractivity contribution is 7.98. The zero-order valence-electron chi connectivity index (χ0n) is 15.1. The molecule has 0 bridgehead atoms. The molecule has 30 heavy (non-hydrogen) atoms. The molecule has 2 aromatic heterocycles. The van der Waals surface area contributed by atoms with Crippen molar-refractivity contribution >= 4 is 29.5 Å². The van der Waals surface area contributed by atoms with Crippen molar-refractivity contribution in [2.45, 2.75) is 48.2 Å². The predicted molar refractivity (Wildman–Crippen MR) is 96.0 cm³/mol. The largest absolute Gasteiger partial charge is 0.490 e. The first-order chi connectivity index (χ1) is 13.8. The number of hydrogen-bond acceptors (Lipinski definition) is 6. The van der Waals surface area contributed by atoms with Crippen LogP contribution in [0.3, 0.4) is 0 Å². The minimum atomic E-state index is -5.08. The maximum absolute atomic E-state index is 13.0. The molecule has 2 aromatic rings. The number of halogens is 6. The molecule has 3 heterocycles. The van der Waals surface area contributed by atoms with Gasteiger partial charge in [-0.25, -0.2) is 14.8 Å². The maximum Gasteiger partial charge on any atom is 0.490 e. The molecule has 0 aromatic carbocycles. The lowest BCUT2D eigenvalue weighted by molar-refractivity contribution is -0.192. The van der Waals surface area contributed by atoms with Crippen molar-refractivity contribution in [3.8, 4) is 0 Å². The van der Waals surface area contributed by atoms with Crippen molar-refractivity contribution < 1.29 is 36.2 Å². The Morgan fingerprint density at radius 1 is 1.30 bits per heavy atom. The van der Waals surface area contributed by atoms with E-state index in [1.54, 1.807) is 18.7 Å².